The maximum absolute atomic E-state index is 11.0. The molecule has 2 aromatic carbocycles. The largest absolute Gasteiger partial charge is 2.00 e. The number of hydrogen-bond donors (Lipinski definition) is 0. The van der Waals surface area contributed by atoms with Crippen LogP contribution in [0.25, 0.3) is 0 Å². The summed E-state index contributed by atoms with van der Waals surface area (Å²) in [5, 5.41) is 21.5. The van der Waals surface area contributed by atoms with Gasteiger partial charge in [0.1, 0.15) is 26.4 Å². The second-order valence-corrected chi connectivity index (χ2v) is 7.21. The molecule has 0 aromatic heterocycles. The molecule has 2 aromatic rings. The van der Waals surface area contributed by atoms with Gasteiger partial charge in [0.2, 0.25) is 0 Å². The van der Waals surface area contributed by atoms with Gasteiger partial charge in [-0.1, -0.05) is 37.4 Å². The van der Waals surface area contributed by atoms with E-state index >= 15 is 0 Å². The Labute approximate surface area is 237 Å². The molecule has 39 heavy (non-hydrogen) atoms. The van der Waals surface area contributed by atoms with Gasteiger partial charge >= 0.3 is 31.4 Å². The summed E-state index contributed by atoms with van der Waals surface area (Å²) in [6.07, 6.45) is 0. The summed E-state index contributed by atoms with van der Waals surface area (Å²) in [5.41, 5.74) is 0.314. The molecular formula is C26H26O12Zn. The van der Waals surface area contributed by atoms with Crippen LogP contribution in [-0.4, -0.2) is 50.3 Å². The van der Waals surface area contributed by atoms with Crippen LogP contribution in [0.3, 0.4) is 0 Å². The Hall–Kier alpha value is -4.06. The van der Waals surface area contributed by atoms with Gasteiger partial charge in [0.25, 0.3) is 0 Å². The van der Waals surface area contributed by atoms with Crippen molar-refractivity contribution in [3.63, 3.8) is 0 Å². The number of carbonyl (C=O) groups is 4. The summed E-state index contributed by atoms with van der Waals surface area (Å²) in [5.74, 6) is -3.75. The van der Waals surface area contributed by atoms with Crippen LogP contribution in [0.5, 0.6) is 11.5 Å². The number of carboxylic acid groups (broad SMARTS) is 2. The first-order valence-electron chi connectivity index (χ1n) is 10.9. The first-order chi connectivity index (χ1) is 18.0. The number of carbonyl (C=O) groups excluding carboxylic acids is 4. The van der Waals surface area contributed by atoms with Crippen molar-refractivity contribution >= 4 is 23.9 Å². The number of ether oxygens (including phenoxy) is 2. The summed E-state index contributed by atoms with van der Waals surface area (Å²) >= 11 is 0. The molecule has 12 nitrogen and oxygen atoms in total. The molecule has 0 aliphatic carbocycles. The van der Waals surface area contributed by atoms with Crippen LogP contribution in [0.4, 0.5) is 0 Å². The minimum atomic E-state index is -1.37. The van der Waals surface area contributed by atoms with Gasteiger partial charge < -0.3 is 39.1 Å². The van der Waals surface area contributed by atoms with Crippen LogP contribution in [0, 0.1) is 0 Å². The molecular weight excluding hydrogens is 570 g/mol. The van der Waals surface area contributed by atoms with Gasteiger partial charge in [-0.2, -0.15) is 9.78 Å². The number of hydrogen-bond acceptors (Lipinski definition) is 12. The van der Waals surface area contributed by atoms with Crippen molar-refractivity contribution in [3.8, 4) is 11.5 Å². The van der Waals surface area contributed by atoms with Crippen molar-refractivity contribution in [2.45, 2.75) is 13.8 Å². The quantitative estimate of drug-likeness (QED) is 0.0758. The molecule has 0 atom stereocenters. The van der Waals surface area contributed by atoms with Gasteiger partial charge in [-0.05, 0) is 38.1 Å². The second-order valence-electron chi connectivity index (χ2n) is 7.21. The van der Waals surface area contributed by atoms with Crippen LogP contribution < -0.4 is 20.0 Å². The average molecular weight is 596 g/mol. The molecule has 0 N–H and O–H groups in total. The zero-order chi connectivity index (χ0) is 28.5. The van der Waals surface area contributed by atoms with E-state index in [1.165, 1.54) is 50.2 Å². The van der Waals surface area contributed by atoms with E-state index in [2.05, 4.69) is 13.2 Å². The van der Waals surface area contributed by atoms with Gasteiger partial charge in [-0.25, -0.2) is 9.59 Å². The smallest absolute Gasteiger partial charge is 0.545 e. The fourth-order valence-corrected chi connectivity index (χ4v) is 2.21. The monoisotopic (exact) mass is 594 g/mol. The fraction of sp³-hybridized carbons (Fsp3) is 0.231. The Bertz CT molecular complexity index is 1060. The topological polar surface area (TPSA) is 170 Å². The van der Waals surface area contributed by atoms with Crippen LogP contribution >= 0.6 is 0 Å². The molecule has 0 heterocycles. The normalized spacial score (nSPS) is 9.49. The Morgan fingerprint density at radius 2 is 0.974 bits per heavy atom. The summed E-state index contributed by atoms with van der Waals surface area (Å²) < 4.78 is 9.49. The summed E-state index contributed by atoms with van der Waals surface area (Å²) in [6, 6.07) is 11.7. The van der Waals surface area contributed by atoms with Crippen molar-refractivity contribution in [1.29, 1.82) is 0 Å². The van der Waals surface area contributed by atoms with Crippen molar-refractivity contribution in [2.24, 2.45) is 0 Å². The SMILES string of the molecule is C=C(C)C(=O)OCCOOc1ccccc1C(=O)[O-].C=C(C)C(=O)OCCOOc1ccccc1C(=O)[O-].[Zn+2]. The molecule has 0 unspecified atom stereocenters. The minimum absolute atomic E-state index is 0. The molecule has 0 aliphatic heterocycles. The predicted octanol–water partition coefficient (Wildman–Crippen LogP) is 0.957. The second kappa shape index (κ2) is 19.1. The van der Waals surface area contributed by atoms with Crippen LogP contribution in [0.2, 0.25) is 0 Å². The van der Waals surface area contributed by atoms with Crippen molar-refractivity contribution in [3.05, 3.63) is 84.0 Å². The standard InChI is InChI=1S/2C13H14O6.Zn/c2*1-9(2)13(16)17-7-8-18-19-11-6-4-3-5-10(11)12(14)15;/h2*3-6H,1,7-8H2,2H3,(H,14,15);/q;;+2/p-2. The number of para-hydroxylation sites is 2. The number of rotatable bonds is 14. The molecule has 13 heteroatoms. The van der Waals surface area contributed by atoms with Crippen LogP contribution in [0.1, 0.15) is 34.6 Å². The van der Waals surface area contributed by atoms with E-state index in [-0.39, 0.29) is 79.7 Å². The Morgan fingerprint density at radius 3 is 1.28 bits per heavy atom. The summed E-state index contributed by atoms with van der Waals surface area (Å²) in [7, 11) is 0. The number of aromatic carboxylic acids is 2. The molecule has 0 fully saturated rings. The fourth-order valence-electron chi connectivity index (χ4n) is 2.21. The van der Waals surface area contributed by atoms with E-state index in [1.54, 1.807) is 12.1 Å². The third-order valence-corrected chi connectivity index (χ3v) is 4.01. The molecule has 0 spiro atoms. The van der Waals surface area contributed by atoms with E-state index < -0.39 is 23.9 Å². The first kappa shape index (κ1) is 34.9. The van der Waals surface area contributed by atoms with E-state index in [9.17, 15) is 29.4 Å². The molecule has 204 valence electrons. The molecule has 0 saturated carbocycles. The van der Waals surface area contributed by atoms with E-state index in [4.69, 9.17) is 29.0 Å². The van der Waals surface area contributed by atoms with Crippen molar-refractivity contribution < 1.29 is 77.9 Å². The maximum Gasteiger partial charge on any atom is 2.00 e. The van der Waals surface area contributed by atoms with Crippen molar-refractivity contribution in [1.82, 2.24) is 0 Å². The molecule has 0 aliphatic rings. The Kier molecular flexibility index (Phi) is 17.1. The predicted molar refractivity (Wildman–Crippen MR) is 126 cm³/mol. The van der Waals surface area contributed by atoms with E-state index in [1.807, 2.05) is 0 Å². The van der Waals surface area contributed by atoms with Gasteiger partial charge in [-0.15, -0.1) is 0 Å². The van der Waals surface area contributed by atoms with E-state index in [0.717, 1.165) is 0 Å². The molecule has 0 radical (unpaired) electrons. The van der Waals surface area contributed by atoms with Crippen LogP contribution in [0.15, 0.2) is 72.8 Å². The van der Waals surface area contributed by atoms with Gasteiger partial charge in [0.05, 0.1) is 11.9 Å². The number of carboxylic acids is 2. The Balaban J connectivity index is 0.000000722. The third kappa shape index (κ3) is 13.9. The van der Waals surface area contributed by atoms with Gasteiger partial charge in [0, 0.05) is 22.3 Å². The summed E-state index contributed by atoms with van der Waals surface area (Å²) in [6.45, 7) is 9.73. The van der Waals surface area contributed by atoms with Crippen molar-refractivity contribution in [2.75, 3.05) is 26.4 Å². The van der Waals surface area contributed by atoms with Gasteiger partial charge in [-0.3, -0.25) is 0 Å². The molecule has 0 amide bonds. The minimum Gasteiger partial charge on any atom is -0.545 e. The van der Waals surface area contributed by atoms with Gasteiger partial charge in [0.15, 0.2) is 11.5 Å². The maximum atomic E-state index is 11.0. The zero-order valence-corrected chi connectivity index (χ0v) is 24.4. The number of benzene rings is 2. The van der Waals surface area contributed by atoms with E-state index in [0.29, 0.717) is 0 Å². The average Bonchev–Trinajstić information content (AvgIpc) is 2.88. The third-order valence-electron chi connectivity index (χ3n) is 4.01. The number of esters is 2. The molecule has 2 rings (SSSR count). The Morgan fingerprint density at radius 1 is 0.641 bits per heavy atom. The molecule has 0 bridgehead atoms. The van der Waals surface area contributed by atoms with Crippen LogP contribution in [-0.2, 0) is 48.3 Å². The zero-order valence-electron chi connectivity index (χ0n) is 21.5. The summed E-state index contributed by atoms with van der Waals surface area (Å²) in [4.78, 5) is 62.6. The molecule has 0 saturated heterocycles. The first-order valence-corrected chi connectivity index (χ1v) is 10.9.